The average Bonchev–Trinajstić information content (AvgIpc) is 2.46. The summed E-state index contributed by atoms with van der Waals surface area (Å²) in [4.78, 5) is 0. The van der Waals surface area contributed by atoms with Crippen molar-refractivity contribution in [3.8, 4) is 5.75 Å². The summed E-state index contributed by atoms with van der Waals surface area (Å²) in [6.45, 7) is 0.511. The van der Waals surface area contributed by atoms with Crippen molar-refractivity contribution >= 4 is 11.6 Å². The van der Waals surface area contributed by atoms with Crippen LogP contribution in [0.3, 0.4) is 0 Å². The number of para-hydroxylation sites is 1. The summed E-state index contributed by atoms with van der Waals surface area (Å²) in [5, 5.41) is 3.51. The highest BCUT2D eigenvalue weighted by Crippen LogP contribution is 2.23. The molecular weight excluding hydrogens is 277 g/mol. The van der Waals surface area contributed by atoms with Gasteiger partial charge in [0.05, 0.1) is 6.61 Å². The van der Waals surface area contributed by atoms with Gasteiger partial charge in [0.15, 0.2) is 0 Å². The Balaban J connectivity index is 1.95. The number of nitrogens with one attached hydrogen (secondary N) is 1. The van der Waals surface area contributed by atoms with Gasteiger partial charge < -0.3 is 10.1 Å². The molecule has 0 aliphatic heterocycles. The first-order chi connectivity index (χ1) is 9.70. The molecule has 0 saturated carbocycles. The highest BCUT2D eigenvalue weighted by atomic mass is 35.5. The Kier molecular flexibility index (Phi) is 5.39. The molecule has 1 N–H and O–H groups in total. The van der Waals surface area contributed by atoms with E-state index in [-0.39, 0.29) is 11.9 Å². The van der Waals surface area contributed by atoms with Crippen molar-refractivity contribution in [2.45, 2.75) is 12.5 Å². The first-order valence-corrected chi connectivity index (χ1v) is 6.88. The second-order valence-electron chi connectivity index (χ2n) is 4.46. The fraction of sp³-hybridized carbons (Fsp3) is 0.250. The monoisotopic (exact) mass is 293 g/mol. The van der Waals surface area contributed by atoms with Crippen LogP contribution in [-0.2, 0) is 0 Å². The summed E-state index contributed by atoms with van der Waals surface area (Å²) in [6, 6.07) is 14.2. The topological polar surface area (TPSA) is 21.3 Å². The van der Waals surface area contributed by atoms with Crippen molar-refractivity contribution < 1.29 is 9.13 Å². The summed E-state index contributed by atoms with van der Waals surface area (Å²) in [7, 11) is 1.81. The minimum Gasteiger partial charge on any atom is -0.494 e. The Bertz CT molecular complexity index is 547. The number of rotatable bonds is 6. The van der Waals surface area contributed by atoms with Crippen LogP contribution in [0.5, 0.6) is 5.75 Å². The van der Waals surface area contributed by atoms with E-state index in [2.05, 4.69) is 5.32 Å². The molecule has 2 rings (SSSR count). The first-order valence-electron chi connectivity index (χ1n) is 6.51. The molecule has 0 radical (unpaired) electrons. The normalized spacial score (nSPS) is 12.2. The van der Waals surface area contributed by atoms with E-state index in [9.17, 15) is 4.39 Å². The standard InChI is InChI=1S/C16H17ClFNO/c1-19-16(14-8-7-12(17)11-15(14)18)9-10-20-13-5-3-2-4-6-13/h2-8,11,16,19H,9-10H2,1H3. The molecule has 0 amide bonds. The molecule has 1 unspecified atom stereocenters. The highest BCUT2D eigenvalue weighted by molar-refractivity contribution is 6.30. The zero-order valence-electron chi connectivity index (χ0n) is 11.3. The second kappa shape index (κ2) is 7.27. The molecule has 0 aliphatic rings. The predicted molar refractivity (Wildman–Crippen MR) is 79.8 cm³/mol. The average molecular weight is 294 g/mol. The summed E-state index contributed by atoms with van der Waals surface area (Å²) in [5.74, 6) is 0.524. The zero-order chi connectivity index (χ0) is 14.4. The number of hydrogen-bond acceptors (Lipinski definition) is 2. The lowest BCUT2D eigenvalue weighted by Crippen LogP contribution is -2.20. The Hall–Kier alpha value is -1.58. The summed E-state index contributed by atoms with van der Waals surface area (Å²) >= 11 is 5.76. The van der Waals surface area contributed by atoms with E-state index >= 15 is 0 Å². The molecule has 106 valence electrons. The molecule has 0 aromatic heterocycles. The maximum absolute atomic E-state index is 13.9. The third-order valence-corrected chi connectivity index (χ3v) is 3.34. The first kappa shape index (κ1) is 14.8. The van der Waals surface area contributed by atoms with Crippen LogP contribution in [0, 0.1) is 5.82 Å². The lowest BCUT2D eigenvalue weighted by molar-refractivity contribution is 0.288. The van der Waals surface area contributed by atoms with Gasteiger partial charge in [-0.2, -0.15) is 0 Å². The lowest BCUT2D eigenvalue weighted by Gasteiger charge is -2.18. The molecule has 0 bridgehead atoms. The molecule has 2 aromatic carbocycles. The fourth-order valence-corrected chi connectivity index (χ4v) is 2.21. The smallest absolute Gasteiger partial charge is 0.129 e. The molecule has 0 saturated heterocycles. The minimum atomic E-state index is -0.295. The largest absolute Gasteiger partial charge is 0.494 e. The number of hydrogen-bond donors (Lipinski definition) is 1. The van der Waals surface area contributed by atoms with E-state index in [0.717, 1.165) is 5.75 Å². The Morgan fingerprint density at radius 2 is 1.95 bits per heavy atom. The molecule has 20 heavy (non-hydrogen) atoms. The third kappa shape index (κ3) is 3.95. The van der Waals surface area contributed by atoms with Crippen LogP contribution in [0.1, 0.15) is 18.0 Å². The van der Waals surface area contributed by atoms with Crippen LogP contribution in [0.25, 0.3) is 0 Å². The van der Waals surface area contributed by atoms with E-state index in [1.54, 1.807) is 19.2 Å². The van der Waals surface area contributed by atoms with Gasteiger partial charge in [0.2, 0.25) is 0 Å². The highest BCUT2D eigenvalue weighted by Gasteiger charge is 2.14. The summed E-state index contributed by atoms with van der Waals surface area (Å²) in [6.07, 6.45) is 0.671. The molecular formula is C16H17ClFNO. The Labute approximate surface area is 123 Å². The molecule has 1 atom stereocenters. The number of halogens is 2. The SMILES string of the molecule is CNC(CCOc1ccccc1)c1ccc(Cl)cc1F. The minimum absolute atomic E-state index is 0.101. The Morgan fingerprint density at radius 3 is 2.60 bits per heavy atom. The molecule has 0 heterocycles. The van der Waals surface area contributed by atoms with E-state index in [1.807, 2.05) is 30.3 Å². The van der Waals surface area contributed by atoms with Crippen molar-refractivity contribution in [3.63, 3.8) is 0 Å². The van der Waals surface area contributed by atoms with Crippen molar-refractivity contribution in [1.82, 2.24) is 5.32 Å². The van der Waals surface area contributed by atoms with Gasteiger partial charge in [-0.3, -0.25) is 0 Å². The van der Waals surface area contributed by atoms with Crippen LogP contribution in [0.4, 0.5) is 4.39 Å². The molecule has 0 fully saturated rings. The molecule has 2 nitrogen and oxygen atoms in total. The fourth-order valence-electron chi connectivity index (χ4n) is 2.05. The van der Waals surface area contributed by atoms with E-state index < -0.39 is 0 Å². The number of ether oxygens (including phenoxy) is 1. The van der Waals surface area contributed by atoms with Gasteiger partial charge in [0.25, 0.3) is 0 Å². The van der Waals surface area contributed by atoms with Gasteiger partial charge >= 0.3 is 0 Å². The Morgan fingerprint density at radius 1 is 1.20 bits per heavy atom. The maximum Gasteiger partial charge on any atom is 0.129 e. The quantitative estimate of drug-likeness (QED) is 0.861. The van der Waals surface area contributed by atoms with Crippen molar-refractivity contribution in [1.29, 1.82) is 0 Å². The molecule has 0 spiro atoms. The van der Waals surface area contributed by atoms with Gasteiger partial charge in [-0.15, -0.1) is 0 Å². The van der Waals surface area contributed by atoms with Crippen molar-refractivity contribution in [3.05, 3.63) is 64.9 Å². The van der Waals surface area contributed by atoms with E-state index in [0.29, 0.717) is 23.6 Å². The van der Waals surface area contributed by atoms with Crippen LogP contribution in [-0.4, -0.2) is 13.7 Å². The van der Waals surface area contributed by atoms with Gasteiger partial charge in [0, 0.05) is 23.0 Å². The lowest BCUT2D eigenvalue weighted by atomic mass is 10.0. The molecule has 4 heteroatoms. The molecule has 2 aromatic rings. The van der Waals surface area contributed by atoms with Crippen LogP contribution < -0.4 is 10.1 Å². The summed E-state index contributed by atoms with van der Waals surface area (Å²) < 4.78 is 19.5. The van der Waals surface area contributed by atoms with Gasteiger partial charge in [-0.25, -0.2) is 4.39 Å². The van der Waals surface area contributed by atoms with Crippen LogP contribution in [0.2, 0.25) is 5.02 Å². The third-order valence-electron chi connectivity index (χ3n) is 3.10. The van der Waals surface area contributed by atoms with Gasteiger partial charge in [-0.1, -0.05) is 35.9 Å². The van der Waals surface area contributed by atoms with Crippen molar-refractivity contribution in [2.75, 3.05) is 13.7 Å². The van der Waals surface area contributed by atoms with Gasteiger partial charge in [-0.05, 0) is 31.3 Å². The van der Waals surface area contributed by atoms with Crippen LogP contribution >= 0.6 is 11.6 Å². The van der Waals surface area contributed by atoms with E-state index in [4.69, 9.17) is 16.3 Å². The second-order valence-corrected chi connectivity index (χ2v) is 4.89. The van der Waals surface area contributed by atoms with Crippen molar-refractivity contribution in [2.24, 2.45) is 0 Å². The number of benzene rings is 2. The molecule has 0 aliphatic carbocycles. The maximum atomic E-state index is 13.9. The summed E-state index contributed by atoms with van der Waals surface area (Å²) in [5.41, 5.74) is 0.605. The van der Waals surface area contributed by atoms with E-state index in [1.165, 1.54) is 6.07 Å². The van der Waals surface area contributed by atoms with Crippen LogP contribution in [0.15, 0.2) is 48.5 Å². The zero-order valence-corrected chi connectivity index (χ0v) is 12.0. The van der Waals surface area contributed by atoms with Gasteiger partial charge in [0.1, 0.15) is 11.6 Å². The predicted octanol–water partition coefficient (Wildman–Crippen LogP) is 4.21.